The average molecular weight is 356 g/mol. The van der Waals surface area contributed by atoms with E-state index < -0.39 is 0 Å². The molecular weight excluding hydrogens is 330 g/mol. The summed E-state index contributed by atoms with van der Waals surface area (Å²) < 4.78 is 11.8. The Morgan fingerprint density at radius 3 is 2.86 bits per heavy atom. The molecule has 0 aliphatic heterocycles. The van der Waals surface area contributed by atoms with Gasteiger partial charge in [0.05, 0.1) is 13.2 Å². The Balaban J connectivity index is 1.76. The highest BCUT2D eigenvalue weighted by Crippen LogP contribution is 2.21. The number of benzene rings is 1. The van der Waals surface area contributed by atoms with Crippen LogP contribution in [-0.2, 0) is 15.9 Å². The molecule has 1 unspecified atom stereocenters. The molecule has 0 aromatic heterocycles. The number of ether oxygens (including phenoxy) is 2. The van der Waals surface area contributed by atoms with Crippen LogP contribution in [0.15, 0.2) is 28.7 Å². The second-order valence-electron chi connectivity index (χ2n) is 5.78. The quantitative estimate of drug-likeness (QED) is 0.617. The zero-order valence-corrected chi connectivity index (χ0v) is 14.4. The van der Waals surface area contributed by atoms with Crippen molar-refractivity contribution in [2.45, 2.75) is 31.7 Å². The Morgan fingerprint density at radius 1 is 1.29 bits per heavy atom. The van der Waals surface area contributed by atoms with Gasteiger partial charge in [0.25, 0.3) is 0 Å². The van der Waals surface area contributed by atoms with Crippen molar-refractivity contribution in [2.24, 2.45) is 5.92 Å². The fraction of sp³-hybridized carbons (Fsp3) is 0.647. The third-order valence-corrected chi connectivity index (χ3v) is 4.28. The molecule has 21 heavy (non-hydrogen) atoms. The molecule has 1 aliphatic rings. The molecular formula is C17H26BrNO2. The van der Waals surface area contributed by atoms with E-state index in [2.05, 4.69) is 45.5 Å². The topological polar surface area (TPSA) is 30.5 Å². The molecule has 0 radical (unpaired) electrons. The van der Waals surface area contributed by atoms with E-state index in [1.54, 1.807) is 7.11 Å². The number of hydrogen-bond acceptors (Lipinski definition) is 3. The van der Waals surface area contributed by atoms with Crippen molar-refractivity contribution in [3.8, 4) is 0 Å². The molecule has 3 nitrogen and oxygen atoms in total. The van der Waals surface area contributed by atoms with E-state index in [0.717, 1.165) is 36.5 Å². The van der Waals surface area contributed by atoms with Gasteiger partial charge in [-0.15, -0.1) is 0 Å². The summed E-state index contributed by atoms with van der Waals surface area (Å²) in [6, 6.07) is 9.38. The van der Waals surface area contributed by atoms with Crippen molar-refractivity contribution in [1.29, 1.82) is 0 Å². The standard InChI is InChI=1S/C17H26BrNO2/c1-20-9-10-21-8-7-15(13-19-17-5-6-17)11-14-3-2-4-16(18)12-14/h2-4,12,15,17,19H,5-11,13H2,1H3. The van der Waals surface area contributed by atoms with Crippen LogP contribution in [0.25, 0.3) is 0 Å². The first-order chi connectivity index (χ1) is 10.3. The molecule has 1 aromatic rings. The molecule has 1 saturated carbocycles. The molecule has 1 fully saturated rings. The van der Waals surface area contributed by atoms with Crippen LogP contribution >= 0.6 is 15.9 Å². The number of nitrogens with one attached hydrogen (secondary N) is 1. The first-order valence-corrected chi connectivity index (χ1v) is 8.61. The van der Waals surface area contributed by atoms with Crippen molar-refractivity contribution >= 4 is 15.9 Å². The summed E-state index contributed by atoms with van der Waals surface area (Å²) in [6.07, 6.45) is 4.88. The summed E-state index contributed by atoms with van der Waals surface area (Å²) in [5.74, 6) is 0.627. The number of methoxy groups -OCH3 is 1. The third-order valence-electron chi connectivity index (χ3n) is 3.79. The minimum Gasteiger partial charge on any atom is -0.382 e. The van der Waals surface area contributed by atoms with Gasteiger partial charge in [-0.05, 0) is 55.8 Å². The van der Waals surface area contributed by atoms with Crippen LogP contribution in [0.1, 0.15) is 24.8 Å². The smallest absolute Gasteiger partial charge is 0.0700 e. The summed E-state index contributed by atoms with van der Waals surface area (Å²) in [5.41, 5.74) is 1.39. The van der Waals surface area contributed by atoms with Crippen molar-refractivity contribution in [3.63, 3.8) is 0 Å². The maximum atomic E-state index is 5.63. The first-order valence-electron chi connectivity index (χ1n) is 7.82. The molecule has 1 aromatic carbocycles. The summed E-state index contributed by atoms with van der Waals surface area (Å²) in [4.78, 5) is 0. The average Bonchev–Trinajstić information content (AvgIpc) is 3.28. The Labute approximate surface area is 136 Å². The largest absolute Gasteiger partial charge is 0.382 e. The minimum absolute atomic E-state index is 0.627. The predicted molar refractivity (Wildman–Crippen MR) is 89.7 cm³/mol. The second-order valence-corrected chi connectivity index (χ2v) is 6.69. The molecule has 0 spiro atoms. The monoisotopic (exact) mass is 355 g/mol. The minimum atomic E-state index is 0.627. The molecule has 0 heterocycles. The van der Waals surface area contributed by atoms with Gasteiger partial charge in [0, 0.05) is 24.2 Å². The summed E-state index contributed by atoms with van der Waals surface area (Å²) >= 11 is 3.55. The van der Waals surface area contributed by atoms with Crippen LogP contribution in [0.3, 0.4) is 0 Å². The van der Waals surface area contributed by atoms with E-state index in [9.17, 15) is 0 Å². The second kappa shape index (κ2) is 9.57. The normalized spacial score (nSPS) is 16.1. The SMILES string of the molecule is COCCOCCC(CNC1CC1)Cc1cccc(Br)c1. The molecule has 1 N–H and O–H groups in total. The van der Waals surface area contributed by atoms with E-state index in [0.29, 0.717) is 19.1 Å². The van der Waals surface area contributed by atoms with Crippen LogP contribution in [0.5, 0.6) is 0 Å². The molecule has 1 atom stereocenters. The Bertz CT molecular complexity index is 410. The van der Waals surface area contributed by atoms with Crippen LogP contribution < -0.4 is 5.32 Å². The van der Waals surface area contributed by atoms with Crippen molar-refractivity contribution in [3.05, 3.63) is 34.3 Å². The zero-order valence-electron chi connectivity index (χ0n) is 12.8. The van der Waals surface area contributed by atoms with Gasteiger partial charge < -0.3 is 14.8 Å². The highest BCUT2D eigenvalue weighted by molar-refractivity contribution is 9.10. The van der Waals surface area contributed by atoms with Crippen molar-refractivity contribution in [1.82, 2.24) is 5.32 Å². The molecule has 0 amide bonds. The molecule has 0 saturated heterocycles. The van der Waals surface area contributed by atoms with Gasteiger partial charge in [0.2, 0.25) is 0 Å². The lowest BCUT2D eigenvalue weighted by Crippen LogP contribution is -2.27. The summed E-state index contributed by atoms with van der Waals surface area (Å²) in [6.45, 7) is 3.27. The molecule has 1 aliphatic carbocycles. The van der Waals surface area contributed by atoms with Crippen molar-refractivity contribution in [2.75, 3.05) is 33.5 Å². The van der Waals surface area contributed by atoms with Crippen LogP contribution in [0.2, 0.25) is 0 Å². The maximum absolute atomic E-state index is 5.63. The first kappa shape index (κ1) is 16.9. The van der Waals surface area contributed by atoms with E-state index in [-0.39, 0.29) is 0 Å². The maximum Gasteiger partial charge on any atom is 0.0700 e. The van der Waals surface area contributed by atoms with E-state index in [4.69, 9.17) is 9.47 Å². The zero-order chi connectivity index (χ0) is 14.9. The highest BCUT2D eigenvalue weighted by Gasteiger charge is 2.22. The van der Waals surface area contributed by atoms with Gasteiger partial charge in [0.1, 0.15) is 0 Å². The van der Waals surface area contributed by atoms with E-state index in [1.165, 1.54) is 18.4 Å². The number of halogens is 1. The Hall–Kier alpha value is -0.420. The van der Waals surface area contributed by atoms with Gasteiger partial charge in [-0.2, -0.15) is 0 Å². The van der Waals surface area contributed by atoms with E-state index >= 15 is 0 Å². The van der Waals surface area contributed by atoms with Crippen LogP contribution in [0, 0.1) is 5.92 Å². The lowest BCUT2D eigenvalue weighted by molar-refractivity contribution is 0.0636. The molecule has 4 heteroatoms. The lowest BCUT2D eigenvalue weighted by atomic mass is 9.96. The third kappa shape index (κ3) is 7.41. The molecule has 2 rings (SSSR count). The van der Waals surface area contributed by atoms with E-state index in [1.807, 2.05) is 0 Å². The predicted octanol–water partition coefficient (Wildman–Crippen LogP) is 3.41. The van der Waals surface area contributed by atoms with Gasteiger partial charge in [-0.25, -0.2) is 0 Å². The molecule has 0 bridgehead atoms. The van der Waals surface area contributed by atoms with Crippen molar-refractivity contribution < 1.29 is 9.47 Å². The summed E-state index contributed by atoms with van der Waals surface area (Å²) in [5, 5.41) is 3.65. The highest BCUT2D eigenvalue weighted by atomic mass is 79.9. The van der Waals surface area contributed by atoms with Gasteiger partial charge in [-0.1, -0.05) is 28.1 Å². The van der Waals surface area contributed by atoms with Gasteiger partial charge >= 0.3 is 0 Å². The number of hydrogen-bond donors (Lipinski definition) is 1. The van der Waals surface area contributed by atoms with Crippen LogP contribution in [-0.4, -0.2) is 39.5 Å². The fourth-order valence-corrected chi connectivity index (χ4v) is 2.84. The fourth-order valence-electron chi connectivity index (χ4n) is 2.39. The van der Waals surface area contributed by atoms with Crippen LogP contribution in [0.4, 0.5) is 0 Å². The van der Waals surface area contributed by atoms with Gasteiger partial charge in [0.15, 0.2) is 0 Å². The molecule has 118 valence electrons. The Morgan fingerprint density at radius 2 is 2.14 bits per heavy atom. The lowest BCUT2D eigenvalue weighted by Gasteiger charge is -2.18. The summed E-state index contributed by atoms with van der Waals surface area (Å²) in [7, 11) is 1.71. The van der Waals surface area contributed by atoms with Gasteiger partial charge in [-0.3, -0.25) is 0 Å². The Kier molecular flexibility index (Phi) is 7.72. The number of rotatable bonds is 11.